The lowest BCUT2D eigenvalue weighted by Crippen LogP contribution is -2.36. The Hall–Kier alpha value is -3.36. The van der Waals surface area contributed by atoms with Gasteiger partial charge in [0, 0.05) is 34.8 Å². The molecule has 8 heteroatoms. The van der Waals surface area contributed by atoms with E-state index in [2.05, 4.69) is 14.9 Å². The molecular weight excluding hydrogens is 436 g/mol. The smallest absolute Gasteiger partial charge is 0.248 e. The van der Waals surface area contributed by atoms with Crippen molar-refractivity contribution in [1.82, 2.24) is 14.9 Å². The van der Waals surface area contributed by atoms with Gasteiger partial charge in [-0.3, -0.25) is 9.78 Å². The summed E-state index contributed by atoms with van der Waals surface area (Å²) in [6, 6.07) is 18.3. The molecule has 170 valence electrons. The summed E-state index contributed by atoms with van der Waals surface area (Å²) >= 11 is 0. The summed E-state index contributed by atoms with van der Waals surface area (Å²) < 4.78 is 21.5. The molecule has 0 aliphatic heterocycles. The summed E-state index contributed by atoms with van der Waals surface area (Å²) in [7, 11) is -1.31. The van der Waals surface area contributed by atoms with Gasteiger partial charge in [0.25, 0.3) is 0 Å². The Kier molecular flexibility index (Phi) is 6.40. The number of aromatic nitrogens is 2. The van der Waals surface area contributed by atoms with Crippen LogP contribution in [0.15, 0.2) is 71.4 Å². The van der Waals surface area contributed by atoms with Crippen LogP contribution in [-0.4, -0.2) is 25.0 Å². The number of carbonyl (C=O) groups excluding carboxylic acids is 1. The topological polar surface area (TPSA) is 111 Å². The lowest BCUT2D eigenvalue weighted by atomic mass is 9.94. The highest BCUT2D eigenvalue weighted by Gasteiger charge is 2.27. The van der Waals surface area contributed by atoms with Crippen molar-refractivity contribution >= 4 is 27.9 Å². The lowest BCUT2D eigenvalue weighted by molar-refractivity contribution is 0.1000. The Bertz CT molecular complexity index is 1310. The first-order chi connectivity index (χ1) is 15.7. The molecule has 2 aromatic heterocycles. The average Bonchev–Trinajstić information content (AvgIpc) is 3.22. The van der Waals surface area contributed by atoms with Gasteiger partial charge in [-0.25, -0.2) is 8.93 Å². The van der Waals surface area contributed by atoms with E-state index in [1.807, 2.05) is 63.2 Å². The van der Waals surface area contributed by atoms with Crippen LogP contribution in [0.25, 0.3) is 22.2 Å². The van der Waals surface area contributed by atoms with E-state index in [9.17, 15) is 9.00 Å². The van der Waals surface area contributed by atoms with Crippen molar-refractivity contribution in [2.24, 2.45) is 5.73 Å². The van der Waals surface area contributed by atoms with E-state index in [1.54, 1.807) is 24.4 Å². The quantitative estimate of drug-likeness (QED) is 0.425. The molecule has 0 aliphatic carbocycles. The third-order valence-corrected chi connectivity index (χ3v) is 6.90. The van der Waals surface area contributed by atoms with E-state index < -0.39 is 21.6 Å². The molecule has 0 fully saturated rings. The van der Waals surface area contributed by atoms with Crippen molar-refractivity contribution in [3.05, 3.63) is 83.7 Å². The van der Waals surface area contributed by atoms with Crippen LogP contribution in [0.5, 0.6) is 0 Å². The number of nitrogens with zero attached hydrogens (tertiary/aromatic N) is 2. The fourth-order valence-corrected chi connectivity index (χ4v) is 4.37. The second kappa shape index (κ2) is 9.25. The molecule has 0 saturated carbocycles. The maximum atomic E-state index is 13.1. The molecule has 1 amide bonds. The molecule has 3 N–H and O–H groups in total. The van der Waals surface area contributed by atoms with Crippen molar-refractivity contribution in [3.8, 4) is 11.3 Å². The Morgan fingerprint density at radius 2 is 1.88 bits per heavy atom. The number of hydrogen-bond acceptors (Lipinski definition) is 5. The average molecular weight is 463 g/mol. The molecule has 0 saturated heterocycles. The van der Waals surface area contributed by atoms with Gasteiger partial charge in [0.2, 0.25) is 5.91 Å². The van der Waals surface area contributed by atoms with E-state index in [0.717, 1.165) is 22.2 Å². The number of amides is 1. The second-order valence-electron chi connectivity index (χ2n) is 8.77. The molecule has 2 heterocycles. The summed E-state index contributed by atoms with van der Waals surface area (Å²) in [4.78, 5) is 16.0. The molecule has 2 atom stereocenters. The Balaban J connectivity index is 1.80. The first-order valence-corrected chi connectivity index (χ1v) is 11.8. The molecule has 0 bridgehead atoms. The number of fused-ring (bicyclic) bond motifs is 1. The largest absolute Gasteiger partial charge is 0.366 e. The van der Waals surface area contributed by atoms with Crippen molar-refractivity contribution in [2.45, 2.75) is 38.0 Å². The molecule has 7 nitrogen and oxygen atoms in total. The highest BCUT2D eigenvalue weighted by molar-refractivity contribution is 7.84. The normalized spacial score (nSPS) is 13.7. The Labute approximate surface area is 195 Å². The second-order valence-corrected chi connectivity index (χ2v) is 10.8. The van der Waals surface area contributed by atoms with Crippen LogP contribution in [0.3, 0.4) is 0 Å². The van der Waals surface area contributed by atoms with Crippen LogP contribution >= 0.6 is 0 Å². The van der Waals surface area contributed by atoms with Crippen molar-refractivity contribution in [1.29, 1.82) is 0 Å². The van der Waals surface area contributed by atoms with Crippen LogP contribution < -0.4 is 10.5 Å². The summed E-state index contributed by atoms with van der Waals surface area (Å²) in [5, 5.41) is 5.06. The lowest BCUT2D eigenvalue weighted by Gasteiger charge is -2.25. The van der Waals surface area contributed by atoms with Gasteiger partial charge in [-0.2, -0.15) is 0 Å². The van der Waals surface area contributed by atoms with Gasteiger partial charge in [-0.05, 0) is 56.7 Å². The van der Waals surface area contributed by atoms with E-state index >= 15 is 0 Å². The molecule has 4 aromatic rings. The molecule has 33 heavy (non-hydrogen) atoms. The highest BCUT2D eigenvalue weighted by Crippen LogP contribution is 2.35. The Morgan fingerprint density at radius 3 is 2.58 bits per heavy atom. The van der Waals surface area contributed by atoms with Crippen LogP contribution in [0.1, 0.15) is 48.4 Å². The number of nitrogens with one attached hydrogen (secondary N) is 1. The molecule has 0 unspecified atom stereocenters. The summed E-state index contributed by atoms with van der Waals surface area (Å²) in [6.45, 7) is 5.80. The van der Waals surface area contributed by atoms with Gasteiger partial charge >= 0.3 is 0 Å². The van der Waals surface area contributed by atoms with Crippen LogP contribution in [0.2, 0.25) is 0 Å². The maximum absolute atomic E-state index is 13.1. The van der Waals surface area contributed by atoms with E-state index in [1.165, 1.54) is 0 Å². The van der Waals surface area contributed by atoms with Gasteiger partial charge in [-0.15, -0.1) is 0 Å². The van der Waals surface area contributed by atoms with Gasteiger partial charge in [0.05, 0.1) is 21.8 Å². The molecule has 2 aromatic carbocycles. The zero-order valence-electron chi connectivity index (χ0n) is 18.7. The van der Waals surface area contributed by atoms with Gasteiger partial charge in [0.1, 0.15) is 5.69 Å². The third kappa shape index (κ3) is 5.02. The number of nitrogens with two attached hydrogens (primary N) is 1. The van der Waals surface area contributed by atoms with Gasteiger partial charge in [-0.1, -0.05) is 35.5 Å². The zero-order valence-corrected chi connectivity index (χ0v) is 19.6. The number of hydrogen-bond donors (Lipinski definition) is 2. The molecule has 0 radical (unpaired) electrons. The summed E-state index contributed by atoms with van der Waals surface area (Å²) in [5.74, 6) is -0.528. The first kappa shape index (κ1) is 22.8. The number of primary amides is 1. The van der Waals surface area contributed by atoms with E-state index in [4.69, 9.17) is 10.3 Å². The number of carbonyl (C=O) groups is 1. The predicted octanol–water partition coefficient (Wildman–Crippen LogP) is 4.32. The standard InChI is InChI=1S/C25H26N4O3S/c1-25(2,3)33(31)29-21(15-17-8-6-7-13-27-17)18-9-4-5-10-19(18)23-20-12-11-16(24(26)30)14-22(20)32-28-23/h4-14,21,29H,15H2,1-3H3,(H2,26,30)/t21-,33-/m0/s1. The fourth-order valence-electron chi connectivity index (χ4n) is 3.55. The van der Waals surface area contributed by atoms with Crippen molar-refractivity contribution < 1.29 is 13.5 Å². The zero-order chi connectivity index (χ0) is 23.6. The molecule has 4 rings (SSSR count). The third-order valence-electron chi connectivity index (χ3n) is 5.29. The monoisotopic (exact) mass is 462 g/mol. The Morgan fingerprint density at radius 1 is 1.12 bits per heavy atom. The molecule has 0 spiro atoms. The minimum absolute atomic E-state index is 0.284. The minimum Gasteiger partial charge on any atom is -0.366 e. The molecule has 0 aliphatic rings. The predicted molar refractivity (Wildman–Crippen MR) is 130 cm³/mol. The summed E-state index contributed by atoms with van der Waals surface area (Å²) in [5.41, 5.74) is 9.53. The van der Waals surface area contributed by atoms with Gasteiger partial charge < -0.3 is 10.3 Å². The van der Waals surface area contributed by atoms with E-state index in [0.29, 0.717) is 23.3 Å². The number of benzene rings is 2. The SMILES string of the molecule is CC(C)(C)[S@](=O)N[C@@H](Cc1ccccn1)c1ccccc1-c1noc2cc(C(N)=O)ccc12. The minimum atomic E-state index is -1.31. The van der Waals surface area contributed by atoms with Crippen molar-refractivity contribution in [3.63, 3.8) is 0 Å². The first-order valence-electron chi connectivity index (χ1n) is 10.6. The van der Waals surface area contributed by atoms with Crippen molar-refractivity contribution in [2.75, 3.05) is 0 Å². The van der Waals surface area contributed by atoms with Crippen LogP contribution in [-0.2, 0) is 17.4 Å². The number of pyridine rings is 1. The highest BCUT2D eigenvalue weighted by atomic mass is 32.2. The fraction of sp³-hybridized carbons (Fsp3) is 0.240. The van der Waals surface area contributed by atoms with Gasteiger partial charge in [0.15, 0.2) is 5.58 Å². The van der Waals surface area contributed by atoms with Crippen LogP contribution in [0.4, 0.5) is 0 Å². The van der Waals surface area contributed by atoms with Crippen LogP contribution in [0, 0.1) is 0 Å². The number of rotatable bonds is 7. The van der Waals surface area contributed by atoms with E-state index in [-0.39, 0.29) is 6.04 Å². The molecular formula is C25H26N4O3S. The summed E-state index contributed by atoms with van der Waals surface area (Å²) in [6.07, 6.45) is 2.29. The maximum Gasteiger partial charge on any atom is 0.248 e.